The van der Waals surface area contributed by atoms with Gasteiger partial charge in [-0.1, -0.05) is 6.92 Å². The predicted molar refractivity (Wildman–Crippen MR) is 81.1 cm³/mol. The van der Waals surface area contributed by atoms with Gasteiger partial charge in [0.1, 0.15) is 0 Å². The Morgan fingerprint density at radius 2 is 2.15 bits per heavy atom. The second kappa shape index (κ2) is 8.26. The van der Waals surface area contributed by atoms with E-state index in [4.69, 9.17) is 9.84 Å². The maximum absolute atomic E-state index is 11.9. The van der Waals surface area contributed by atoms with Crippen molar-refractivity contribution < 1.29 is 19.4 Å². The molecular formula is C13H18BrNO4S. The van der Waals surface area contributed by atoms with Crippen LogP contribution in [0.4, 0.5) is 4.79 Å². The van der Waals surface area contributed by atoms with Crippen molar-refractivity contribution in [2.45, 2.75) is 32.7 Å². The van der Waals surface area contributed by atoms with Crippen LogP contribution in [0.15, 0.2) is 15.9 Å². The van der Waals surface area contributed by atoms with Crippen LogP contribution in [0.2, 0.25) is 0 Å². The molecule has 0 spiro atoms. The zero-order valence-electron chi connectivity index (χ0n) is 11.4. The third-order valence-electron chi connectivity index (χ3n) is 2.87. The second-order valence-corrected chi connectivity index (χ2v) is 6.78. The summed E-state index contributed by atoms with van der Waals surface area (Å²) < 4.78 is 6.00. The minimum Gasteiger partial charge on any atom is -0.466 e. The normalized spacial score (nSPS) is 13.6. The van der Waals surface area contributed by atoms with Gasteiger partial charge in [-0.25, -0.2) is 4.79 Å². The summed E-state index contributed by atoms with van der Waals surface area (Å²) >= 11 is 4.90. The van der Waals surface area contributed by atoms with Gasteiger partial charge in [0.05, 0.1) is 22.4 Å². The van der Waals surface area contributed by atoms with Gasteiger partial charge in [-0.2, -0.15) is 0 Å². The molecule has 0 aliphatic carbocycles. The molecule has 2 unspecified atom stereocenters. The molecule has 20 heavy (non-hydrogen) atoms. The van der Waals surface area contributed by atoms with Crippen molar-refractivity contribution in [1.82, 2.24) is 5.32 Å². The van der Waals surface area contributed by atoms with Crippen LogP contribution < -0.4 is 5.32 Å². The molecule has 0 saturated heterocycles. The van der Waals surface area contributed by atoms with Crippen LogP contribution in [-0.4, -0.2) is 29.8 Å². The van der Waals surface area contributed by atoms with E-state index in [2.05, 4.69) is 21.2 Å². The molecule has 0 radical (unpaired) electrons. The van der Waals surface area contributed by atoms with Crippen LogP contribution in [0.3, 0.4) is 0 Å². The van der Waals surface area contributed by atoms with Crippen molar-refractivity contribution in [2.24, 2.45) is 5.92 Å². The van der Waals surface area contributed by atoms with E-state index in [9.17, 15) is 9.59 Å². The smallest absolute Gasteiger partial charge is 0.404 e. The Balaban J connectivity index is 2.85. The van der Waals surface area contributed by atoms with Crippen molar-refractivity contribution >= 4 is 39.3 Å². The van der Waals surface area contributed by atoms with E-state index in [0.717, 1.165) is 8.66 Å². The fourth-order valence-corrected chi connectivity index (χ4v) is 3.54. The number of carbonyl (C=O) groups is 2. The zero-order valence-corrected chi connectivity index (χ0v) is 13.8. The van der Waals surface area contributed by atoms with Crippen LogP contribution in [0, 0.1) is 5.92 Å². The Kier molecular flexibility index (Phi) is 7.01. The summed E-state index contributed by atoms with van der Waals surface area (Å²) in [5, 5.41) is 11.4. The fraction of sp³-hybridized carbons (Fsp3) is 0.538. The van der Waals surface area contributed by atoms with E-state index in [1.54, 1.807) is 6.92 Å². The van der Waals surface area contributed by atoms with Gasteiger partial charge < -0.3 is 15.2 Å². The van der Waals surface area contributed by atoms with Crippen LogP contribution in [0.25, 0.3) is 0 Å². The minimum absolute atomic E-state index is 0.291. The Bertz CT molecular complexity index is 463. The van der Waals surface area contributed by atoms with Crippen LogP contribution >= 0.6 is 27.3 Å². The Morgan fingerprint density at radius 3 is 2.60 bits per heavy atom. The largest absolute Gasteiger partial charge is 0.466 e. The summed E-state index contributed by atoms with van der Waals surface area (Å²) in [6.45, 7) is 3.88. The van der Waals surface area contributed by atoms with E-state index < -0.39 is 18.1 Å². The van der Waals surface area contributed by atoms with Crippen molar-refractivity contribution in [2.75, 3.05) is 6.61 Å². The molecule has 0 aromatic carbocycles. The molecule has 0 aliphatic rings. The highest BCUT2D eigenvalue weighted by molar-refractivity contribution is 9.11. The lowest BCUT2D eigenvalue weighted by atomic mass is 9.94. The molecular weight excluding hydrogens is 346 g/mol. The summed E-state index contributed by atoms with van der Waals surface area (Å²) in [6, 6.07) is 3.34. The number of nitrogens with one attached hydrogen (secondary N) is 1. The number of hydrogen-bond donors (Lipinski definition) is 2. The molecule has 1 heterocycles. The second-order valence-electron chi connectivity index (χ2n) is 4.23. The van der Waals surface area contributed by atoms with E-state index in [1.807, 2.05) is 19.1 Å². The maximum Gasteiger partial charge on any atom is 0.404 e. The average molecular weight is 364 g/mol. The van der Waals surface area contributed by atoms with E-state index >= 15 is 0 Å². The van der Waals surface area contributed by atoms with Gasteiger partial charge in [-0.05, 0) is 41.4 Å². The molecule has 2 atom stereocenters. The number of ether oxygens (including phenoxy) is 1. The number of thiophene rings is 1. The van der Waals surface area contributed by atoms with Gasteiger partial charge >= 0.3 is 12.1 Å². The summed E-state index contributed by atoms with van der Waals surface area (Å²) in [6.07, 6.45) is -0.135. The summed E-state index contributed by atoms with van der Waals surface area (Å²) in [5.41, 5.74) is 0. The Morgan fingerprint density at radius 1 is 1.45 bits per heavy atom. The van der Waals surface area contributed by atoms with E-state index in [0.29, 0.717) is 19.4 Å². The number of esters is 1. The third kappa shape index (κ3) is 5.13. The van der Waals surface area contributed by atoms with Crippen molar-refractivity contribution in [3.05, 3.63) is 20.8 Å². The highest BCUT2D eigenvalue weighted by Crippen LogP contribution is 2.25. The molecule has 2 N–H and O–H groups in total. The van der Waals surface area contributed by atoms with Gasteiger partial charge in [0.25, 0.3) is 0 Å². The van der Waals surface area contributed by atoms with Gasteiger partial charge in [0.15, 0.2) is 0 Å². The molecule has 0 aliphatic heterocycles. The fourth-order valence-electron chi connectivity index (χ4n) is 2.00. The average Bonchev–Trinajstić information content (AvgIpc) is 2.75. The predicted octanol–water partition coefficient (Wildman–Crippen LogP) is 3.28. The highest BCUT2D eigenvalue weighted by atomic mass is 79.9. The lowest BCUT2D eigenvalue weighted by Crippen LogP contribution is -2.44. The highest BCUT2D eigenvalue weighted by Gasteiger charge is 2.29. The molecule has 1 aromatic rings. The van der Waals surface area contributed by atoms with Gasteiger partial charge in [-0.15, -0.1) is 11.3 Å². The lowest BCUT2D eigenvalue weighted by Gasteiger charge is -2.24. The first-order chi connectivity index (χ1) is 9.47. The molecule has 0 bridgehead atoms. The molecule has 1 amide bonds. The molecule has 1 rings (SSSR count). The number of halogens is 1. The topological polar surface area (TPSA) is 75.6 Å². The first-order valence-electron chi connectivity index (χ1n) is 6.38. The molecule has 0 fully saturated rings. The summed E-state index contributed by atoms with van der Waals surface area (Å²) in [5.74, 6) is -0.837. The van der Waals surface area contributed by atoms with Crippen molar-refractivity contribution in [3.8, 4) is 0 Å². The van der Waals surface area contributed by atoms with Gasteiger partial charge in [-0.3, -0.25) is 4.79 Å². The number of hydrogen-bond acceptors (Lipinski definition) is 4. The summed E-state index contributed by atoms with van der Waals surface area (Å²) in [4.78, 5) is 23.9. The standard InChI is InChI=1S/C13H18BrNO4S/c1-3-9(12(16)19-4-2)10(15-13(17)18)7-8-5-6-11(14)20-8/h5-6,9-10,15H,3-4,7H2,1-2H3,(H,17,18). The van der Waals surface area contributed by atoms with Crippen molar-refractivity contribution in [3.63, 3.8) is 0 Å². The van der Waals surface area contributed by atoms with Crippen LogP contribution in [0.5, 0.6) is 0 Å². The number of carbonyl (C=O) groups excluding carboxylic acids is 1. The Labute approximate surface area is 130 Å². The third-order valence-corrected chi connectivity index (χ3v) is 4.52. The molecule has 112 valence electrons. The molecule has 5 nitrogen and oxygen atoms in total. The maximum atomic E-state index is 11.9. The molecule has 1 aromatic heterocycles. The molecule has 7 heteroatoms. The van der Waals surface area contributed by atoms with E-state index in [1.165, 1.54) is 11.3 Å². The van der Waals surface area contributed by atoms with Crippen molar-refractivity contribution in [1.29, 1.82) is 0 Å². The first-order valence-corrected chi connectivity index (χ1v) is 7.99. The Hall–Kier alpha value is -1.08. The summed E-state index contributed by atoms with van der Waals surface area (Å²) in [7, 11) is 0. The van der Waals surface area contributed by atoms with E-state index in [-0.39, 0.29) is 5.97 Å². The monoisotopic (exact) mass is 363 g/mol. The van der Waals surface area contributed by atoms with Gasteiger partial charge in [0, 0.05) is 11.3 Å². The van der Waals surface area contributed by atoms with Gasteiger partial charge in [0.2, 0.25) is 0 Å². The number of rotatable bonds is 7. The minimum atomic E-state index is -1.13. The number of amides is 1. The SMILES string of the molecule is CCOC(=O)C(CC)C(Cc1ccc(Br)s1)NC(=O)O. The van der Waals surface area contributed by atoms with Crippen LogP contribution in [0.1, 0.15) is 25.1 Å². The lowest BCUT2D eigenvalue weighted by molar-refractivity contribution is -0.149. The quantitative estimate of drug-likeness (QED) is 0.728. The zero-order chi connectivity index (χ0) is 15.1. The molecule has 0 saturated carbocycles. The van der Waals surface area contributed by atoms with Crippen LogP contribution in [-0.2, 0) is 16.0 Å². The first kappa shape index (κ1) is 17.0. The number of carboxylic acid groups (broad SMARTS) is 1.